The molecule has 0 radical (unpaired) electrons. The van der Waals surface area contributed by atoms with Gasteiger partial charge in [-0.3, -0.25) is 9.69 Å². The van der Waals surface area contributed by atoms with Crippen LogP contribution in [0.25, 0.3) is 11.0 Å². The minimum Gasteiger partial charge on any atom is -0.461 e. The molecule has 1 N–H and O–H groups in total. The van der Waals surface area contributed by atoms with E-state index >= 15 is 0 Å². The number of furan rings is 1. The second-order valence-corrected chi connectivity index (χ2v) is 10.0. The maximum Gasteiger partial charge on any atom is 0.270 e. The lowest BCUT2D eigenvalue weighted by molar-refractivity contribution is 0.0216. The summed E-state index contributed by atoms with van der Waals surface area (Å²) in [5.74, 6) is 0.187. The molecule has 3 fully saturated rings. The summed E-state index contributed by atoms with van der Waals surface area (Å²) < 4.78 is 31.5. The highest BCUT2D eigenvalue weighted by atomic mass is 32.2. The fourth-order valence-electron chi connectivity index (χ4n) is 4.74. The van der Waals surface area contributed by atoms with Crippen LogP contribution in [0.15, 0.2) is 63.1 Å². The van der Waals surface area contributed by atoms with Gasteiger partial charge in [0, 0.05) is 17.5 Å². The molecule has 0 saturated carbocycles. The minimum absolute atomic E-state index is 0.0383. The normalized spacial score (nSPS) is 26.0. The Hall–Kier alpha value is -2.71. The molecule has 0 aliphatic carbocycles. The van der Waals surface area contributed by atoms with Gasteiger partial charge in [0.05, 0.1) is 11.1 Å². The molecule has 0 spiro atoms. The van der Waals surface area contributed by atoms with Gasteiger partial charge in [-0.2, -0.15) is 0 Å². The van der Waals surface area contributed by atoms with Gasteiger partial charge in [0.25, 0.3) is 5.91 Å². The van der Waals surface area contributed by atoms with Crippen molar-refractivity contribution >= 4 is 26.7 Å². The van der Waals surface area contributed by atoms with Gasteiger partial charge in [0.15, 0.2) is 5.58 Å². The number of aromatic nitrogens is 1. The van der Waals surface area contributed by atoms with E-state index in [1.54, 1.807) is 18.2 Å². The summed E-state index contributed by atoms with van der Waals surface area (Å²) in [6.45, 7) is 4.31. The van der Waals surface area contributed by atoms with Crippen LogP contribution < -0.4 is 5.32 Å². The highest BCUT2D eigenvalue weighted by Crippen LogP contribution is 2.33. The molecule has 3 saturated heterocycles. The van der Waals surface area contributed by atoms with Crippen molar-refractivity contribution in [2.24, 2.45) is 5.92 Å². The minimum atomic E-state index is -3.77. The summed E-state index contributed by atoms with van der Waals surface area (Å²) in [5.41, 5.74) is 0.523. The third-order valence-electron chi connectivity index (χ3n) is 6.48. The molecule has 0 unspecified atom stereocenters. The van der Waals surface area contributed by atoms with Gasteiger partial charge in [-0.05, 0) is 57.0 Å². The molecule has 5 heterocycles. The van der Waals surface area contributed by atoms with Crippen molar-refractivity contribution in [3.63, 3.8) is 0 Å². The van der Waals surface area contributed by atoms with E-state index in [2.05, 4.69) is 22.1 Å². The van der Waals surface area contributed by atoms with E-state index < -0.39 is 9.84 Å². The number of benzene rings is 1. The largest absolute Gasteiger partial charge is 0.461 e. The van der Waals surface area contributed by atoms with Gasteiger partial charge >= 0.3 is 0 Å². The first-order valence-corrected chi connectivity index (χ1v) is 11.7. The Morgan fingerprint density at radius 2 is 1.93 bits per heavy atom. The SMILES string of the molecule is C[C@H]1[C@H](NC(=O)c2cc3c(S(=O)(=O)c4ccccc4)coc3cn2)C2CCN1CC2. The quantitative estimate of drug-likeness (QED) is 0.691. The molecule has 156 valence electrons. The van der Waals surface area contributed by atoms with Crippen molar-refractivity contribution in [3.8, 4) is 0 Å². The third kappa shape index (κ3) is 3.11. The highest BCUT2D eigenvalue weighted by Gasteiger charge is 2.40. The zero-order valence-electron chi connectivity index (χ0n) is 16.6. The predicted molar refractivity (Wildman–Crippen MR) is 111 cm³/mol. The lowest BCUT2D eigenvalue weighted by atomic mass is 9.79. The summed E-state index contributed by atoms with van der Waals surface area (Å²) >= 11 is 0. The van der Waals surface area contributed by atoms with Crippen LogP contribution in [0.5, 0.6) is 0 Å². The number of carbonyl (C=O) groups excluding carboxylic acids is 1. The summed E-state index contributed by atoms with van der Waals surface area (Å²) in [7, 11) is -3.77. The number of nitrogens with one attached hydrogen (secondary N) is 1. The van der Waals surface area contributed by atoms with E-state index in [1.807, 2.05) is 0 Å². The van der Waals surface area contributed by atoms with Crippen molar-refractivity contribution in [1.82, 2.24) is 15.2 Å². The van der Waals surface area contributed by atoms with Crippen molar-refractivity contribution in [2.45, 2.75) is 41.6 Å². The maximum absolute atomic E-state index is 13.1. The standard InChI is InChI=1S/C22H23N3O4S/c1-14-21(15-7-9-25(14)10-8-15)24-22(26)18-11-17-19(12-23-18)29-13-20(17)30(27,28)16-5-3-2-4-6-16/h2-6,11-15,21H,7-10H2,1H3,(H,24,26)/t14-,21-/m0/s1. The van der Waals surface area contributed by atoms with Crippen LogP contribution >= 0.6 is 0 Å². The van der Waals surface area contributed by atoms with E-state index in [0.717, 1.165) is 25.9 Å². The lowest BCUT2D eigenvalue weighted by Gasteiger charge is -2.49. The lowest BCUT2D eigenvalue weighted by Crippen LogP contribution is -2.62. The van der Waals surface area contributed by atoms with Crippen molar-refractivity contribution in [3.05, 3.63) is 54.6 Å². The molecule has 30 heavy (non-hydrogen) atoms. The van der Waals surface area contributed by atoms with Crippen LogP contribution in [0.4, 0.5) is 0 Å². The molecule has 3 aliphatic rings. The van der Waals surface area contributed by atoms with E-state index in [1.165, 1.54) is 30.7 Å². The number of rotatable bonds is 4. The number of fused-ring (bicyclic) bond motifs is 4. The van der Waals surface area contributed by atoms with Crippen molar-refractivity contribution < 1.29 is 17.6 Å². The number of amides is 1. The Balaban J connectivity index is 1.47. The first kappa shape index (κ1) is 19.3. The molecule has 3 aliphatic heterocycles. The summed E-state index contributed by atoms with van der Waals surface area (Å²) in [4.78, 5) is 19.8. The average molecular weight is 426 g/mol. The van der Waals surface area contributed by atoms with Gasteiger partial charge < -0.3 is 9.73 Å². The van der Waals surface area contributed by atoms with Crippen LogP contribution in [0.2, 0.25) is 0 Å². The Kier molecular flexibility index (Phi) is 4.63. The Morgan fingerprint density at radius 3 is 2.63 bits per heavy atom. The molecular formula is C22H23N3O4S. The molecule has 1 aromatic carbocycles. The fourth-order valence-corrected chi connectivity index (χ4v) is 6.13. The van der Waals surface area contributed by atoms with E-state index in [-0.39, 0.29) is 33.5 Å². The Morgan fingerprint density at radius 1 is 1.20 bits per heavy atom. The number of pyridine rings is 1. The van der Waals surface area contributed by atoms with Gasteiger partial charge in [0.1, 0.15) is 16.9 Å². The average Bonchev–Trinajstić information content (AvgIpc) is 3.21. The van der Waals surface area contributed by atoms with Gasteiger partial charge in [-0.1, -0.05) is 18.2 Å². The zero-order valence-corrected chi connectivity index (χ0v) is 17.4. The summed E-state index contributed by atoms with van der Waals surface area (Å²) in [6, 6.07) is 10.1. The number of nitrogens with zero attached hydrogens (tertiary/aromatic N) is 2. The topological polar surface area (TPSA) is 92.5 Å². The fraction of sp³-hybridized carbons (Fsp3) is 0.364. The van der Waals surface area contributed by atoms with Crippen molar-refractivity contribution in [1.29, 1.82) is 0 Å². The third-order valence-corrected chi connectivity index (χ3v) is 8.26. The number of piperidine rings is 3. The molecule has 8 heteroatoms. The second kappa shape index (κ2) is 7.21. The molecule has 2 bridgehead atoms. The number of hydrogen-bond donors (Lipinski definition) is 1. The maximum atomic E-state index is 13.1. The first-order valence-electron chi connectivity index (χ1n) is 10.2. The number of carbonyl (C=O) groups is 1. The molecule has 3 aromatic rings. The Bertz CT molecular complexity index is 1200. The van der Waals surface area contributed by atoms with Gasteiger partial charge in [-0.25, -0.2) is 13.4 Å². The summed E-state index contributed by atoms with van der Waals surface area (Å²) in [6.07, 6.45) is 4.80. The first-order chi connectivity index (χ1) is 14.4. The van der Waals surface area contributed by atoms with Gasteiger partial charge in [0.2, 0.25) is 9.84 Å². The molecular weight excluding hydrogens is 402 g/mol. The van der Waals surface area contributed by atoms with Crippen molar-refractivity contribution in [2.75, 3.05) is 13.1 Å². The number of sulfone groups is 1. The van der Waals surface area contributed by atoms with Gasteiger partial charge in [-0.15, -0.1) is 0 Å². The van der Waals surface area contributed by atoms with Crippen LogP contribution in [0.1, 0.15) is 30.3 Å². The molecule has 2 atom stereocenters. The smallest absolute Gasteiger partial charge is 0.270 e. The van der Waals surface area contributed by atoms with E-state index in [4.69, 9.17) is 4.42 Å². The molecule has 7 nitrogen and oxygen atoms in total. The van der Waals surface area contributed by atoms with Crippen LogP contribution in [-0.4, -0.2) is 49.4 Å². The Labute approximate surface area is 175 Å². The summed E-state index contributed by atoms with van der Waals surface area (Å²) in [5, 5.41) is 3.50. The van der Waals surface area contributed by atoms with Crippen LogP contribution in [-0.2, 0) is 9.84 Å². The second-order valence-electron chi connectivity index (χ2n) is 8.10. The zero-order chi connectivity index (χ0) is 20.9. The van der Waals surface area contributed by atoms with Crippen LogP contribution in [0.3, 0.4) is 0 Å². The van der Waals surface area contributed by atoms with E-state index in [9.17, 15) is 13.2 Å². The van der Waals surface area contributed by atoms with E-state index in [0.29, 0.717) is 16.9 Å². The predicted octanol–water partition coefficient (Wildman–Crippen LogP) is 2.87. The highest BCUT2D eigenvalue weighted by molar-refractivity contribution is 7.91. The van der Waals surface area contributed by atoms with Crippen LogP contribution in [0, 0.1) is 5.92 Å². The molecule has 2 aromatic heterocycles. The molecule has 1 amide bonds. The number of hydrogen-bond acceptors (Lipinski definition) is 6. The monoisotopic (exact) mass is 425 g/mol. The molecule has 6 rings (SSSR count).